The SMILES string of the molecule is Cn1cc(-c2ccc3c(NCc4cccnn4)nc4cc[nH]c(=O)c4c3c2)cn1. The molecule has 0 amide bonds. The van der Waals surface area contributed by atoms with Crippen LogP contribution in [-0.4, -0.2) is 29.9 Å². The number of anilines is 1. The van der Waals surface area contributed by atoms with E-state index in [9.17, 15) is 4.79 Å². The monoisotopic (exact) mass is 383 g/mol. The number of rotatable bonds is 4. The van der Waals surface area contributed by atoms with Gasteiger partial charge in [0.05, 0.1) is 29.3 Å². The van der Waals surface area contributed by atoms with Gasteiger partial charge in [-0.05, 0) is 29.8 Å². The fourth-order valence-corrected chi connectivity index (χ4v) is 3.45. The van der Waals surface area contributed by atoms with Crippen LogP contribution in [0.15, 0.2) is 66.0 Å². The van der Waals surface area contributed by atoms with E-state index in [-0.39, 0.29) is 5.56 Å². The summed E-state index contributed by atoms with van der Waals surface area (Å²) in [6.07, 6.45) is 7.00. The van der Waals surface area contributed by atoms with Gasteiger partial charge in [0.1, 0.15) is 5.82 Å². The molecule has 0 aliphatic heterocycles. The third-order valence-corrected chi connectivity index (χ3v) is 4.82. The minimum Gasteiger partial charge on any atom is -0.364 e. The van der Waals surface area contributed by atoms with E-state index in [0.717, 1.165) is 27.6 Å². The second kappa shape index (κ2) is 6.83. The number of hydrogen-bond donors (Lipinski definition) is 2. The van der Waals surface area contributed by atoms with Gasteiger partial charge in [-0.15, -0.1) is 0 Å². The molecule has 8 heteroatoms. The van der Waals surface area contributed by atoms with Crippen molar-refractivity contribution in [2.75, 3.05) is 5.32 Å². The Morgan fingerprint density at radius 1 is 1.14 bits per heavy atom. The normalized spacial score (nSPS) is 11.2. The van der Waals surface area contributed by atoms with Gasteiger partial charge >= 0.3 is 0 Å². The standard InChI is InChI=1S/C21H17N7O/c1-28-12-14(10-25-28)13-4-5-16-17(9-13)19-18(6-8-22-21(19)29)26-20(16)23-11-15-3-2-7-24-27-15/h2-10,12H,11H2,1H3,(H,22,29)(H,23,26). The van der Waals surface area contributed by atoms with Crippen LogP contribution in [0.2, 0.25) is 0 Å². The predicted molar refractivity (Wildman–Crippen MR) is 111 cm³/mol. The lowest BCUT2D eigenvalue weighted by molar-refractivity contribution is 0.768. The molecule has 0 bridgehead atoms. The van der Waals surface area contributed by atoms with Crippen molar-refractivity contribution in [1.29, 1.82) is 0 Å². The third-order valence-electron chi connectivity index (χ3n) is 4.82. The molecule has 2 N–H and O–H groups in total. The number of aromatic amines is 1. The minimum absolute atomic E-state index is 0.163. The first kappa shape index (κ1) is 17.1. The molecule has 4 aromatic heterocycles. The van der Waals surface area contributed by atoms with E-state index < -0.39 is 0 Å². The molecular weight excluding hydrogens is 366 g/mol. The number of benzene rings is 1. The van der Waals surface area contributed by atoms with Crippen molar-refractivity contribution in [2.45, 2.75) is 6.54 Å². The highest BCUT2D eigenvalue weighted by Gasteiger charge is 2.13. The number of fused-ring (bicyclic) bond motifs is 3. The van der Waals surface area contributed by atoms with Crippen LogP contribution in [0, 0.1) is 0 Å². The maximum Gasteiger partial charge on any atom is 0.258 e. The number of pyridine rings is 2. The van der Waals surface area contributed by atoms with Crippen molar-refractivity contribution in [3.05, 3.63) is 77.2 Å². The Balaban J connectivity index is 1.69. The van der Waals surface area contributed by atoms with E-state index in [0.29, 0.717) is 23.3 Å². The Hall–Kier alpha value is -4.07. The molecule has 0 saturated heterocycles. The van der Waals surface area contributed by atoms with E-state index in [1.807, 2.05) is 49.8 Å². The van der Waals surface area contributed by atoms with Gasteiger partial charge in [0, 0.05) is 42.0 Å². The summed E-state index contributed by atoms with van der Waals surface area (Å²) < 4.78 is 1.75. The molecular formula is C21H17N7O. The molecule has 0 fully saturated rings. The molecule has 4 heterocycles. The second-order valence-electron chi connectivity index (χ2n) is 6.76. The van der Waals surface area contributed by atoms with Crippen molar-refractivity contribution in [3.63, 3.8) is 0 Å². The molecule has 0 aliphatic rings. The average molecular weight is 383 g/mol. The van der Waals surface area contributed by atoms with Crippen LogP contribution in [0.5, 0.6) is 0 Å². The molecule has 0 unspecified atom stereocenters. The summed E-state index contributed by atoms with van der Waals surface area (Å²) in [6.45, 7) is 0.481. The summed E-state index contributed by atoms with van der Waals surface area (Å²) in [6, 6.07) is 11.6. The zero-order valence-corrected chi connectivity index (χ0v) is 15.6. The first-order chi connectivity index (χ1) is 14.2. The van der Waals surface area contributed by atoms with E-state index in [2.05, 4.69) is 25.6 Å². The highest BCUT2D eigenvalue weighted by atomic mass is 16.1. The van der Waals surface area contributed by atoms with Crippen molar-refractivity contribution in [1.82, 2.24) is 29.9 Å². The zero-order chi connectivity index (χ0) is 19.8. The van der Waals surface area contributed by atoms with Gasteiger partial charge in [0.15, 0.2) is 0 Å². The van der Waals surface area contributed by atoms with Gasteiger partial charge < -0.3 is 10.3 Å². The highest BCUT2D eigenvalue weighted by molar-refractivity contribution is 6.10. The van der Waals surface area contributed by atoms with Gasteiger partial charge in [-0.1, -0.05) is 12.1 Å². The lowest BCUT2D eigenvalue weighted by atomic mass is 10.0. The highest BCUT2D eigenvalue weighted by Crippen LogP contribution is 2.31. The van der Waals surface area contributed by atoms with Crippen LogP contribution in [0.1, 0.15) is 5.69 Å². The quantitative estimate of drug-likeness (QED) is 0.463. The van der Waals surface area contributed by atoms with E-state index in [1.165, 1.54) is 0 Å². The summed E-state index contributed by atoms with van der Waals surface area (Å²) in [7, 11) is 1.88. The van der Waals surface area contributed by atoms with E-state index >= 15 is 0 Å². The van der Waals surface area contributed by atoms with Crippen molar-refractivity contribution < 1.29 is 0 Å². The summed E-state index contributed by atoms with van der Waals surface area (Å²) in [5.74, 6) is 0.696. The van der Waals surface area contributed by atoms with Crippen LogP contribution in [0.3, 0.4) is 0 Å². The maximum absolute atomic E-state index is 12.6. The molecule has 0 aliphatic carbocycles. The van der Waals surface area contributed by atoms with Gasteiger partial charge in [0.25, 0.3) is 5.56 Å². The number of nitrogens with zero attached hydrogens (tertiary/aromatic N) is 5. The molecule has 142 valence electrons. The van der Waals surface area contributed by atoms with Crippen molar-refractivity contribution >= 4 is 27.5 Å². The molecule has 0 spiro atoms. The van der Waals surface area contributed by atoms with Crippen LogP contribution in [0.4, 0.5) is 5.82 Å². The molecule has 0 radical (unpaired) electrons. The Morgan fingerprint density at radius 2 is 2.07 bits per heavy atom. The number of nitrogens with one attached hydrogen (secondary N) is 2. The largest absolute Gasteiger partial charge is 0.364 e. The van der Waals surface area contributed by atoms with Crippen LogP contribution in [-0.2, 0) is 13.6 Å². The number of hydrogen-bond acceptors (Lipinski definition) is 6. The van der Waals surface area contributed by atoms with Gasteiger partial charge in [-0.3, -0.25) is 9.48 Å². The van der Waals surface area contributed by atoms with E-state index in [4.69, 9.17) is 4.98 Å². The van der Waals surface area contributed by atoms with Gasteiger partial charge in [0.2, 0.25) is 0 Å². The molecule has 0 saturated carbocycles. The summed E-state index contributed by atoms with van der Waals surface area (Å²) in [4.78, 5) is 20.0. The third kappa shape index (κ3) is 3.10. The molecule has 8 nitrogen and oxygen atoms in total. The predicted octanol–water partition coefficient (Wildman–Crippen LogP) is 2.88. The lowest BCUT2D eigenvalue weighted by Gasteiger charge is -2.12. The number of H-pyrrole nitrogens is 1. The van der Waals surface area contributed by atoms with Crippen molar-refractivity contribution in [3.8, 4) is 11.1 Å². The fourth-order valence-electron chi connectivity index (χ4n) is 3.45. The summed E-state index contributed by atoms with van der Waals surface area (Å²) >= 11 is 0. The summed E-state index contributed by atoms with van der Waals surface area (Å²) in [5.41, 5.74) is 3.25. The topological polar surface area (TPSA) is 101 Å². The van der Waals surface area contributed by atoms with Crippen LogP contribution < -0.4 is 10.9 Å². The van der Waals surface area contributed by atoms with Gasteiger partial charge in [-0.2, -0.15) is 15.3 Å². The van der Waals surface area contributed by atoms with Crippen LogP contribution in [0.25, 0.3) is 32.8 Å². The van der Waals surface area contributed by atoms with Crippen LogP contribution >= 0.6 is 0 Å². The lowest BCUT2D eigenvalue weighted by Crippen LogP contribution is -2.09. The smallest absolute Gasteiger partial charge is 0.258 e. The molecule has 29 heavy (non-hydrogen) atoms. The second-order valence-corrected chi connectivity index (χ2v) is 6.76. The molecule has 1 aromatic carbocycles. The number of aryl methyl sites for hydroxylation is 1. The van der Waals surface area contributed by atoms with Gasteiger partial charge in [-0.25, -0.2) is 4.98 Å². The maximum atomic E-state index is 12.6. The fraction of sp³-hybridized carbons (Fsp3) is 0.0952. The Kier molecular flexibility index (Phi) is 4.02. The van der Waals surface area contributed by atoms with Crippen molar-refractivity contribution in [2.24, 2.45) is 7.05 Å². The Labute approximate surface area is 165 Å². The molecule has 5 aromatic rings. The average Bonchev–Trinajstić information content (AvgIpc) is 3.18. The first-order valence-corrected chi connectivity index (χ1v) is 9.14. The van der Waals surface area contributed by atoms with E-state index in [1.54, 1.807) is 23.1 Å². The number of aromatic nitrogens is 6. The zero-order valence-electron chi connectivity index (χ0n) is 15.6. The Morgan fingerprint density at radius 3 is 2.86 bits per heavy atom. The Bertz CT molecular complexity index is 1390. The molecule has 0 atom stereocenters. The molecule has 5 rings (SSSR count). The first-order valence-electron chi connectivity index (χ1n) is 9.14. The minimum atomic E-state index is -0.163. The summed E-state index contributed by atoms with van der Waals surface area (Å²) in [5, 5.41) is 17.9.